The molecule has 2 aliphatic carbocycles. The van der Waals surface area contributed by atoms with E-state index in [4.69, 9.17) is 0 Å². The summed E-state index contributed by atoms with van der Waals surface area (Å²) in [6, 6.07) is 21.6. The molecule has 0 unspecified atom stereocenters. The second-order valence-corrected chi connectivity index (χ2v) is 7.99. The van der Waals surface area contributed by atoms with Crippen molar-refractivity contribution >= 4 is 11.1 Å². The molecule has 2 nitrogen and oxygen atoms in total. The van der Waals surface area contributed by atoms with Crippen molar-refractivity contribution in [1.29, 1.82) is 0 Å². The van der Waals surface area contributed by atoms with Gasteiger partial charge in [-0.25, -0.2) is 0 Å². The number of aromatic nitrogens is 2. The van der Waals surface area contributed by atoms with Crippen molar-refractivity contribution < 1.29 is 0 Å². The van der Waals surface area contributed by atoms with Crippen LogP contribution in [0.2, 0.25) is 0 Å². The van der Waals surface area contributed by atoms with Crippen molar-refractivity contribution in [2.24, 2.45) is 0 Å². The highest BCUT2D eigenvalue weighted by Gasteiger charge is 2.25. The first kappa shape index (κ1) is 17.1. The lowest BCUT2D eigenvalue weighted by Crippen LogP contribution is -1.87. The third-order valence-electron chi connectivity index (χ3n) is 6.09. The van der Waals surface area contributed by atoms with Crippen LogP contribution in [0.15, 0.2) is 85.2 Å². The fourth-order valence-corrected chi connectivity index (χ4v) is 4.72. The Morgan fingerprint density at radius 1 is 0.500 bits per heavy atom. The van der Waals surface area contributed by atoms with Crippen LogP contribution >= 0.6 is 0 Å². The molecule has 2 aromatic heterocycles. The zero-order valence-corrected chi connectivity index (χ0v) is 17.0. The van der Waals surface area contributed by atoms with Gasteiger partial charge in [0.15, 0.2) is 0 Å². The number of fused-ring (bicyclic) bond motifs is 6. The van der Waals surface area contributed by atoms with Gasteiger partial charge in [-0.05, 0) is 70.5 Å². The molecule has 2 heteroatoms. The summed E-state index contributed by atoms with van der Waals surface area (Å²) in [7, 11) is 0. The van der Waals surface area contributed by atoms with Gasteiger partial charge in [0.2, 0.25) is 0 Å². The smallest absolute Gasteiger partial charge is 0.0379 e. The van der Waals surface area contributed by atoms with Crippen LogP contribution in [-0.4, -0.2) is 9.97 Å². The van der Waals surface area contributed by atoms with E-state index < -0.39 is 0 Å². The van der Waals surface area contributed by atoms with Crippen LogP contribution in [0.25, 0.3) is 33.4 Å². The van der Waals surface area contributed by atoms with E-state index in [0.717, 1.165) is 11.4 Å². The number of hydrogen-bond acceptors (Lipinski definition) is 2. The minimum atomic E-state index is 1.04. The molecule has 0 radical (unpaired) electrons. The van der Waals surface area contributed by atoms with E-state index in [1.165, 1.54) is 55.7 Å². The number of hydrogen-bond donors (Lipinski definition) is 0. The standard InChI is InChI=1S/C28H20N2/c1-17-13-25-21-9-5-3-7-19(21)23(27(25)15-29-17)11-12-24-20-8-4-6-10-22(20)26-14-18(2)30-16-28(24)26/h3-16H,1-2H3. The van der Waals surface area contributed by atoms with Gasteiger partial charge in [0.1, 0.15) is 0 Å². The van der Waals surface area contributed by atoms with E-state index in [1.54, 1.807) is 0 Å². The van der Waals surface area contributed by atoms with Crippen molar-refractivity contribution in [3.8, 4) is 22.3 Å². The molecule has 6 rings (SSSR count). The maximum Gasteiger partial charge on any atom is 0.0379 e. The van der Waals surface area contributed by atoms with Gasteiger partial charge in [0.05, 0.1) is 0 Å². The maximum absolute atomic E-state index is 4.57. The van der Waals surface area contributed by atoms with E-state index in [-0.39, 0.29) is 0 Å². The van der Waals surface area contributed by atoms with Gasteiger partial charge < -0.3 is 0 Å². The minimum Gasteiger partial charge on any atom is -0.261 e. The molecule has 2 aromatic carbocycles. The zero-order chi connectivity index (χ0) is 20.2. The fourth-order valence-electron chi connectivity index (χ4n) is 4.72. The van der Waals surface area contributed by atoms with Gasteiger partial charge >= 0.3 is 0 Å². The summed E-state index contributed by atoms with van der Waals surface area (Å²) in [4.78, 5) is 9.15. The van der Waals surface area contributed by atoms with Crippen molar-refractivity contribution in [1.82, 2.24) is 9.97 Å². The second-order valence-electron chi connectivity index (χ2n) is 7.99. The van der Waals surface area contributed by atoms with E-state index >= 15 is 0 Å². The molecule has 0 bridgehead atoms. The Morgan fingerprint density at radius 2 is 0.900 bits per heavy atom. The molecule has 30 heavy (non-hydrogen) atoms. The van der Waals surface area contributed by atoms with Gasteiger partial charge in [-0.2, -0.15) is 0 Å². The highest BCUT2D eigenvalue weighted by molar-refractivity contribution is 6.04. The third kappa shape index (κ3) is 2.44. The summed E-state index contributed by atoms with van der Waals surface area (Å²) < 4.78 is 0. The molecule has 0 N–H and O–H groups in total. The molecule has 0 fully saturated rings. The van der Waals surface area contributed by atoms with Gasteiger partial charge in [-0.3, -0.25) is 9.97 Å². The Hall–Kier alpha value is -3.78. The normalized spacial score (nSPS) is 15.8. The molecule has 0 atom stereocenters. The second kappa shape index (κ2) is 6.36. The molecule has 0 saturated carbocycles. The molecule has 2 heterocycles. The van der Waals surface area contributed by atoms with Crippen molar-refractivity contribution in [2.75, 3.05) is 0 Å². The monoisotopic (exact) mass is 384 g/mol. The number of rotatable bonds is 1. The molecule has 0 amide bonds. The van der Waals surface area contributed by atoms with Crippen LogP contribution in [0.1, 0.15) is 33.6 Å². The van der Waals surface area contributed by atoms with Gasteiger partial charge in [-0.1, -0.05) is 60.7 Å². The maximum atomic E-state index is 4.57. The van der Waals surface area contributed by atoms with E-state index in [0.29, 0.717) is 0 Å². The predicted octanol–water partition coefficient (Wildman–Crippen LogP) is 6.62. The highest BCUT2D eigenvalue weighted by atomic mass is 14.7. The van der Waals surface area contributed by atoms with Crippen LogP contribution in [0.3, 0.4) is 0 Å². The van der Waals surface area contributed by atoms with Gasteiger partial charge in [-0.15, -0.1) is 0 Å². The number of nitrogens with zero attached hydrogens (tertiary/aromatic N) is 2. The number of aryl methyl sites for hydroxylation is 2. The Kier molecular flexibility index (Phi) is 3.63. The van der Waals surface area contributed by atoms with Gasteiger partial charge in [0.25, 0.3) is 0 Å². The lowest BCUT2D eigenvalue weighted by atomic mass is 10.0. The third-order valence-corrected chi connectivity index (χ3v) is 6.09. The van der Waals surface area contributed by atoms with Gasteiger partial charge in [0, 0.05) is 34.9 Å². The van der Waals surface area contributed by atoms with Crippen molar-refractivity contribution in [3.63, 3.8) is 0 Å². The molecule has 2 aliphatic rings. The SMILES string of the molecule is Cc1cc2c(cn1)C(=CC=C1c3ccccc3-c3cc(C)ncc31)c1ccccc1-2. The number of benzene rings is 2. The average Bonchev–Trinajstić information content (AvgIpc) is 3.24. The average molecular weight is 384 g/mol. The van der Waals surface area contributed by atoms with Crippen LogP contribution in [0.4, 0.5) is 0 Å². The summed E-state index contributed by atoms with van der Waals surface area (Å²) in [6.45, 7) is 4.10. The molecular weight excluding hydrogens is 364 g/mol. The Bertz CT molecular complexity index is 1300. The first-order chi connectivity index (χ1) is 14.7. The fraction of sp³-hybridized carbons (Fsp3) is 0.0714. The Morgan fingerprint density at radius 3 is 1.33 bits per heavy atom. The summed E-state index contributed by atoms with van der Waals surface area (Å²) in [5, 5.41) is 0. The predicted molar refractivity (Wildman–Crippen MR) is 123 cm³/mol. The molecule has 142 valence electrons. The minimum absolute atomic E-state index is 1.04. The lowest BCUT2D eigenvalue weighted by molar-refractivity contribution is 1.20. The first-order valence-electron chi connectivity index (χ1n) is 10.3. The Balaban J connectivity index is 1.57. The van der Waals surface area contributed by atoms with Crippen LogP contribution in [-0.2, 0) is 0 Å². The van der Waals surface area contributed by atoms with Crippen molar-refractivity contribution in [3.05, 3.63) is 119 Å². The summed E-state index contributed by atoms with van der Waals surface area (Å²) >= 11 is 0. The lowest BCUT2D eigenvalue weighted by Gasteiger charge is -2.04. The summed E-state index contributed by atoms with van der Waals surface area (Å²) in [5.41, 5.74) is 14.6. The van der Waals surface area contributed by atoms with E-state index in [2.05, 4.69) is 82.8 Å². The molecule has 4 aromatic rings. The summed E-state index contributed by atoms with van der Waals surface area (Å²) in [6.07, 6.45) is 8.53. The van der Waals surface area contributed by atoms with Crippen LogP contribution < -0.4 is 0 Å². The quantitative estimate of drug-likeness (QED) is 0.318. The number of allylic oxidation sites excluding steroid dienone is 2. The van der Waals surface area contributed by atoms with Crippen LogP contribution in [0.5, 0.6) is 0 Å². The Labute approximate surface area is 176 Å². The van der Waals surface area contributed by atoms with E-state index in [9.17, 15) is 0 Å². The molecular formula is C28H20N2. The summed E-state index contributed by atoms with van der Waals surface area (Å²) in [5.74, 6) is 0. The van der Waals surface area contributed by atoms with Crippen molar-refractivity contribution in [2.45, 2.75) is 13.8 Å². The van der Waals surface area contributed by atoms with Crippen LogP contribution in [0, 0.1) is 13.8 Å². The topological polar surface area (TPSA) is 25.8 Å². The first-order valence-corrected chi connectivity index (χ1v) is 10.3. The zero-order valence-electron chi connectivity index (χ0n) is 17.0. The van der Waals surface area contributed by atoms with E-state index in [1.807, 2.05) is 26.2 Å². The highest BCUT2D eigenvalue weighted by Crippen LogP contribution is 2.46. The number of pyridine rings is 2. The molecule has 0 spiro atoms. The molecule has 0 aliphatic heterocycles. The molecule has 0 saturated heterocycles. The largest absolute Gasteiger partial charge is 0.261 e.